The van der Waals surface area contributed by atoms with Crippen LogP contribution in [0.2, 0.25) is 0 Å². The molecule has 0 radical (unpaired) electrons. The molecule has 25 heavy (non-hydrogen) atoms. The average Bonchev–Trinajstić information content (AvgIpc) is 3.33. The topological polar surface area (TPSA) is 41.1 Å². The second-order valence-electron chi connectivity index (χ2n) is 7.10. The van der Waals surface area contributed by atoms with E-state index >= 15 is 0 Å². The summed E-state index contributed by atoms with van der Waals surface area (Å²) in [5.41, 5.74) is 0.986. The molecule has 1 aromatic carbocycles. The lowest BCUT2D eigenvalue weighted by Gasteiger charge is -2.35. The maximum Gasteiger partial charge on any atom is 0.228 e. The first-order valence-corrected chi connectivity index (χ1v) is 9.75. The summed E-state index contributed by atoms with van der Waals surface area (Å²) in [6.45, 7) is 0.729. The molecule has 3 heterocycles. The molecule has 2 aliphatic rings. The number of carbonyl (C=O) groups excluding carboxylic acids is 1. The van der Waals surface area contributed by atoms with E-state index in [1.54, 1.807) is 11.3 Å². The summed E-state index contributed by atoms with van der Waals surface area (Å²) in [6.07, 6.45) is 5.07. The van der Waals surface area contributed by atoms with E-state index in [9.17, 15) is 4.79 Å². The number of benzene rings is 1. The second-order valence-corrected chi connectivity index (χ2v) is 8.13. The van der Waals surface area contributed by atoms with E-state index in [1.165, 1.54) is 16.9 Å². The van der Waals surface area contributed by atoms with Gasteiger partial charge < -0.3 is 10.6 Å². The summed E-state index contributed by atoms with van der Waals surface area (Å²) in [5.74, 6) is 0.239. The molecule has 3 atom stereocenters. The first-order chi connectivity index (χ1) is 11.8. The minimum atomic E-state index is -0.278. The Morgan fingerprint density at radius 3 is 2.68 bits per heavy atom. The first kappa shape index (κ1) is 18.4. The largest absolute Gasteiger partial charge is 0.355 e. The highest BCUT2D eigenvalue weighted by Gasteiger charge is 2.55. The van der Waals surface area contributed by atoms with Crippen LogP contribution in [-0.4, -0.2) is 24.5 Å². The van der Waals surface area contributed by atoms with Gasteiger partial charge in [0.05, 0.1) is 5.41 Å². The molecule has 2 fully saturated rings. The van der Waals surface area contributed by atoms with Crippen LogP contribution in [0.4, 0.5) is 0 Å². The van der Waals surface area contributed by atoms with Gasteiger partial charge in [-0.1, -0.05) is 36.4 Å². The Balaban J connectivity index is 0.00000182. The van der Waals surface area contributed by atoms with Gasteiger partial charge in [0.2, 0.25) is 5.91 Å². The third-order valence-electron chi connectivity index (χ3n) is 5.57. The molecule has 1 aromatic heterocycles. The lowest BCUT2D eigenvalue weighted by atomic mass is 9.69. The van der Waals surface area contributed by atoms with E-state index in [0.29, 0.717) is 12.1 Å². The quantitative estimate of drug-likeness (QED) is 0.809. The zero-order chi connectivity index (χ0) is 16.4. The van der Waals surface area contributed by atoms with Gasteiger partial charge in [-0.05, 0) is 49.1 Å². The SMILES string of the molecule is Cl.O=C(NCCc1cccs1)[C@]1(Cc2ccccc2)C[C@@H]2CC[C@H]1N2. The Morgan fingerprint density at radius 2 is 2.04 bits per heavy atom. The van der Waals surface area contributed by atoms with Crippen molar-refractivity contribution in [3.05, 3.63) is 58.3 Å². The molecule has 5 heteroatoms. The Morgan fingerprint density at radius 1 is 1.20 bits per heavy atom. The van der Waals surface area contributed by atoms with Crippen molar-refractivity contribution in [2.24, 2.45) is 5.41 Å². The molecule has 0 unspecified atom stereocenters. The van der Waals surface area contributed by atoms with Crippen molar-refractivity contribution in [1.29, 1.82) is 0 Å². The van der Waals surface area contributed by atoms with Crippen LogP contribution in [0.1, 0.15) is 29.7 Å². The summed E-state index contributed by atoms with van der Waals surface area (Å²) in [7, 11) is 0. The molecule has 4 rings (SSSR count). The van der Waals surface area contributed by atoms with Gasteiger partial charge in [0.25, 0.3) is 0 Å². The number of carbonyl (C=O) groups is 1. The van der Waals surface area contributed by atoms with Gasteiger partial charge in [-0.3, -0.25) is 4.79 Å². The van der Waals surface area contributed by atoms with Gasteiger partial charge >= 0.3 is 0 Å². The summed E-state index contributed by atoms with van der Waals surface area (Å²) in [6, 6.07) is 15.5. The van der Waals surface area contributed by atoms with Gasteiger partial charge in [-0.25, -0.2) is 0 Å². The van der Waals surface area contributed by atoms with E-state index in [2.05, 4.69) is 52.4 Å². The van der Waals surface area contributed by atoms with Gasteiger partial charge in [0, 0.05) is 23.5 Å². The van der Waals surface area contributed by atoms with Crippen LogP contribution in [0.3, 0.4) is 0 Å². The monoisotopic (exact) mass is 376 g/mol. The standard InChI is InChI=1S/C20H24N2OS.ClH/c23-19(21-11-10-17-7-4-12-24-17)20(13-15-5-2-1-3-6-15)14-16-8-9-18(20)22-16;/h1-7,12,16,18,22H,8-11,13-14H2,(H,21,23);1H/t16-,18+,20+;/m0./s1. The Kier molecular flexibility index (Phi) is 5.82. The highest BCUT2D eigenvalue weighted by atomic mass is 35.5. The van der Waals surface area contributed by atoms with E-state index in [1.807, 2.05) is 6.07 Å². The van der Waals surface area contributed by atoms with Crippen LogP contribution in [0.15, 0.2) is 47.8 Å². The number of hydrogen-bond acceptors (Lipinski definition) is 3. The molecule has 2 bridgehead atoms. The summed E-state index contributed by atoms with van der Waals surface area (Å²) in [5, 5.41) is 8.99. The zero-order valence-electron chi connectivity index (χ0n) is 14.2. The predicted octanol–water partition coefficient (Wildman–Crippen LogP) is 3.58. The highest BCUT2D eigenvalue weighted by molar-refractivity contribution is 7.09. The number of halogens is 1. The van der Waals surface area contributed by atoms with Crippen molar-refractivity contribution in [1.82, 2.24) is 10.6 Å². The maximum absolute atomic E-state index is 13.1. The van der Waals surface area contributed by atoms with Gasteiger partial charge in [0.15, 0.2) is 0 Å². The fourth-order valence-electron chi connectivity index (χ4n) is 4.41. The smallest absolute Gasteiger partial charge is 0.228 e. The van der Waals surface area contributed by atoms with Crippen LogP contribution >= 0.6 is 23.7 Å². The van der Waals surface area contributed by atoms with Crippen LogP contribution in [0.5, 0.6) is 0 Å². The molecule has 0 saturated carbocycles. The fraction of sp³-hybridized carbons (Fsp3) is 0.450. The first-order valence-electron chi connectivity index (χ1n) is 8.87. The Labute approximate surface area is 159 Å². The number of rotatable bonds is 6. The number of thiophene rings is 1. The van der Waals surface area contributed by atoms with Crippen molar-refractivity contribution in [2.75, 3.05) is 6.54 Å². The van der Waals surface area contributed by atoms with Gasteiger partial charge in [0.1, 0.15) is 0 Å². The highest BCUT2D eigenvalue weighted by Crippen LogP contribution is 2.45. The van der Waals surface area contributed by atoms with Crippen molar-refractivity contribution >= 4 is 29.7 Å². The van der Waals surface area contributed by atoms with Gasteiger partial charge in [-0.2, -0.15) is 0 Å². The molecular weight excluding hydrogens is 352 g/mol. The molecule has 3 nitrogen and oxygen atoms in total. The normalized spacial score (nSPS) is 27.0. The fourth-order valence-corrected chi connectivity index (χ4v) is 5.12. The van der Waals surface area contributed by atoms with Gasteiger partial charge in [-0.15, -0.1) is 23.7 Å². The number of fused-ring (bicyclic) bond motifs is 2. The molecule has 1 amide bonds. The third kappa shape index (κ3) is 3.76. The molecule has 2 N–H and O–H groups in total. The minimum Gasteiger partial charge on any atom is -0.355 e. The van der Waals surface area contributed by atoms with Crippen molar-refractivity contribution < 1.29 is 4.79 Å². The molecule has 0 aliphatic carbocycles. The van der Waals surface area contributed by atoms with Crippen LogP contribution in [0, 0.1) is 5.41 Å². The van der Waals surface area contributed by atoms with Crippen LogP contribution in [0.25, 0.3) is 0 Å². The van der Waals surface area contributed by atoms with Crippen LogP contribution in [-0.2, 0) is 17.6 Å². The minimum absolute atomic E-state index is 0. The zero-order valence-corrected chi connectivity index (χ0v) is 15.9. The molecule has 0 spiro atoms. The predicted molar refractivity (Wildman–Crippen MR) is 105 cm³/mol. The molecule has 2 aromatic rings. The van der Waals surface area contributed by atoms with Crippen LogP contribution < -0.4 is 10.6 Å². The van der Waals surface area contributed by atoms with E-state index < -0.39 is 0 Å². The second kappa shape index (κ2) is 7.90. The van der Waals surface area contributed by atoms with Crippen molar-refractivity contribution in [2.45, 2.75) is 44.2 Å². The molecular formula is C20H25ClN2OS. The summed E-state index contributed by atoms with van der Waals surface area (Å²) >= 11 is 1.76. The average molecular weight is 377 g/mol. The lowest BCUT2D eigenvalue weighted by molar-refractivity contribution is -0.132. The Hall–Kier alpha value is -1.36. The number of nitrogens with one attached hydrogen (secondary N) is 2. The summed E-state index contributed by atoms with van der Waals surface area (Å²) in [4.78, 5) is 14.5. The maximum atomic E-state index is 13.1. The van der Waals surface area contributed by atoms with E-state index in [4.69, 9.17) is 0 Å². The van der Waals surface area contributed by atoms with E-state index in [-0.39, 0.29) is 23.7 Å². The molecule has 134 valence electrons. The van der Waals surface area contributed by atoms with Crippen molar-refractivity contribution in [3.63, 3.8) is 0 Å². The third-order valence-corrected chi connectivity index (χ3v) is 6.51. The molecule has 2 aliphatic heterocycles. The van der Waals surface area contributed by atoms with E-state index in [0.717, 1.165) is 32.2 Å². The number of amides is 1. The Bertz CT molecular complexity index is 691. The molecule has 2 saturated heterocycles. The lowest BCUT2D eigenvalue weighted by Crippen LogP contribution is -2.50. The van der Waals surface area contributed by atoms with Crippen molar-refractivity contribution in [3.8, 4) is 0 Å². The number of hydrogen-bond donors (Lipinski definition) is 2. The summed E-state index contributed by atoms with van der Waals surface area (Å²) < 4.78 is 0.